The maximum atomic E-state index is 3.83. The van der Waals surface area contributed by atoms with Gasteiger partial charge in [-0.25, -0.2) is 0 Å². The highest BCUT2D eigenvalue weighted by Gasteiger charge is 1.88. The minimum absolute atomic E-state index is 0.793. The molecular formula is C8H19NS. The molecule has 1 N–H and O–H groups in total. The Morgan fingerprint density at radius 1 is 1.40 bits per heavy atom. The highest BCUT2D eigenvalue weighted by molar-refractivity contribution is 7.77. The van der Waals surface area contributed by atoms with Crippen molar-refractivity contribution in [1.29, 1.82) is 0 Å². The fourth-order valence-electron chi connectivity index (χ4n) is 0.568. The lowest BCUT2D eigenvalue weighted by Crippen LogP contribution is -2.19. The molecule has 0 aromatic rings. The van der Waals surface area contributed by atoms with Crippen LogP contribution in [0.3, 0.4) is 0 Å². The van der Waals surface area contributed by atoms with Crippen molar-refractivity contribution < 1.29 is 0 Å². The average molecular weight is 161 g/mol. The zero-order valence-corrected chi connectivity index (χ0v) is 8.13. The van der Waals surface area contributed by atoms with E-state index in [9.17, 15) is 0 Å². The van der Waals surface area contributed by atoms with Crippen molar-refractivity contribution in [3.05, 3.63) is 0 Å². The molecule has 2 heteroatoms. The first kappa shape index (κ1) is 12.7. The molecule has 0 rings (SSSR count). The quantitative estimate of drug-likeness (QED) is 0.501. The summed E-state index contributed by atoms with van der Waals surface area (Å²) in [5.74, 6) is 3.63. The third-order valence-electron chi connectivity index (χ3n) is 0.979. The predicted molar refractivity (Wildman–Crippen MR) is 52.7 cm³/mol. The smallest absolute Gasteiger partial charge is 0.00258 e. The Bertz CT molecular complexity index is 55.2. The fourth-order valence-corrected chi connectivity index (χ4v) is 0.568. The van der Waals surface area contributed by atoms with Crippen LogP contribution in [-0.2, 0) is 0 Å². The van der Waals surface area contributed by atoms with E-state index in [4.69, 9.17) is 0 Å². The molecular weight excluding hydrogens is 142 g/mol. The topological polar surface area (TPSA) is 12.0 Å². The summed E-state index contributed by atoms with van der Waals surface area (Å²) in [6.45, 7) is 8.96. The molecule has 0 unspecified atom stereocenters. The molecule has 0 aromatic carbocycles. The van der Waals surface area contributed by atoms with Crippen LogP contribution in [-0.4, -0.2) is 19.0 Å². The van der Waals surface area contributed by atoms with Gasteiger partial charge in [-0.3, -0.25) is 0 Å². The standard InChI is InChI=1S/C7H17N.CH2S/c1-4-5-8-6-7(2)3;1-2/h7-8H,4-6H2,1-3H3;1H2. The van der Waals surface area contributed by atoms with Crippen LogP contribution < -0.4 is 5.32 Å². The van der Waals surface area contributed by atoms with E-state index < -0.39 is 0 Å². The van der Waals surface area contributed by atoms with Gasteiger partial charge in [-0.1, -0.05) is 33.0 Å². The van der Waals surface area contributed by atoms with Gasteiger partial charge in [0.2, 0.25) is 0 Å². The van der Waals surface area contributed by atoms with Crippen molar-refractivity contribution in [2.24, 2.45) is 5.92 Å². The van der Waals surface area contributed by atoms with Crippen LogP contribution in [0.15, 0.2) is 0 Å². The predicted octanol–water partition coefficient (Wildman–Crippen LogP) is 2.26. The van der Waals surface area contributed by atoms with E-state index in [1.165, 1.54) is 6.42 Å². The summed E-state index contributed by atoms with van der Waals surface area (Å²) < 4.78 is 0. The second kappa shape index (κ2) is 11.8. The molecule has 10 heavy (non-hydrogen) atoms. The van der Waals surface area contributed by atoms with Gasteiger partial charge in [0.1, 0.15) is 0 Å². The van der Waals surface area contributed by atoms with E-state index in [0.717, 1.165) is 19.0 Å². The van der Waals surface area contributed by atoms with Gasteiger partial charge in [-0.2, -0.15) is 0 Å². The molecule has 0 aromatic heterocycles. The summed E-state index contributed by atoms with van der Waals surface area (Å²) in [4.78, 5) is 0. The third kappa shape index (κ3) is 15.7. The van der Waals surface area contributed by atoms with Crippen molar-refractivity contribution in [3.8, 4) is 0 Å². The zero-order valence-electron chi connectivity index (χ0n) is 7.31. The van der Waals surface area contributed by atoms with E-state index in [0.29, 0.717) is 0 Å². The summed E-state index contributed by atoms with van der Waals surface area (Å²) in [5.41, 5.74) is 0. The lowest BCUT2D eigenvalue weighted by atomic mass is 10.2. The highest BCUT2D eigenvalue weighted by atomic mass is 32.1. The Morgan fingerprint density at radius 3 is 2.20 bits per heavy atom. The first-order chi connectivity index (χ1) is 4.77. The van der Waals surface area contributed by atoms with Gasteiger partial charge in [0.05, 0.1) is 0 Å². The SMILES string of the molecule is C=S.CCCNCC(C)C. The normalized spacial score (nSPS) is 8.80. The van der Waals surface area contributed by atoms with E-state index in [-0.39, 0.29) is 0 Å². The van der Waals surface area contributed by atoms with Gasteiger partial charge >= 0.3 is 0 Å². The molecule has 0 aliphatic carbocycles. The minimum Gasteiger partial charge on any atom is -0.316 e. The molecule has 0 spiro atoms. The maximum Gasteiger partial charge on any atom is -0.00258 e. The molecule has 0 saturated heterocycles. The molecule has 0 atom stereocenters. The number of rotatable bonds is 4. The van der Waals surface area contributed by atoms with E-state index in [1.54, 1.807) is 0 Å². The first-order valence-electron chi connectivity index (χ1n) is 3.77. The molecule has 1 nitrogen and oxygen atoms in total. The van der Waals surface area contributed by atoms with E-state index >= 15 is 0 Å². The van der Waals surface area contributed by atoms with Crippen LogP contribution in [0.5, 0.6) is 0 Å². The van der Waals surface area contributed by atoms with Gasteiger partial charge < -0.3 is 5.32 Å². The number of thiocarbonyl (C=S) groups is 1. The molecule has 0 saturated carbocycles. The third-order valence-corrected chi connectivity index (χ3v) is 0.979. The second-order valence-electron chi connectivity index (χ2n) is 2.60. The van der Waals surface area contributed by atoms with Crippen molar-refractivity contribution in [1.82, 2.24) is 5.32 Å². The second-order valence-corrected chi connectivity index (χ2v) is 2.60. The van der Waals surface area contributed by atoms with Gasteiger partial charge in [0, 0.05) is 0 Å². The summed E-state index contributed by atoms with van der Waals surface area (Å²) in [5, 5.41) is 3.33. The molecule has 0 aliphatic rings. The summed E-state index contributed by atoms with van der Waals surface area (Å²) in [7, 11) is 0. The van der Waals surface area contributed by atoms with Crippen molar-refractivity contribution in [2.45, 2.75) is 27.2 Å². The van der Waals surface area contributed by atoms with Crippen molar-refractivity contribution in [2.75, 3.05) is 13.1 Å². The maximum absolute atomic E-state index is 3.83. The van der Waals surface area contributed by atoms with Crippen molar-refractivity contribution in [3.63, 3.8) is 0 Å². The lowest BCUT2D eigenvalue weighted by Gasteiger charge is -2.03. The van der Waals surface area contributed by atoms with Crippen LogP contribution in [0.1, 0.15) is 27.2 Å². The Labute approximate surface area is 70.2 Å². The fraction of sp³-hybridized carbons (Fsp3) is 0.875. The van der Waals surface area contributed by atoms with E-state index in [1.807, 2.05) is 0 Å². The summed E-state index contributed by atoms with van der Waals surface area (Å²) in [6, 6.07) is 0. The zero-order chi connectivity index (χ0) is 8.41. The Kier molecular flexibility index (Phi) is 15.0. The largest absolute Gasteiger partial charge is 0.316 e. The number of hydrogen-bond donors (Lipinski definition) is 1. The number of nitrogens with one attached hydrogen (secondary N) is 1. The van der Waals surface area contributed by atoms with Crippen molar-refractivity contribution >= 4 is 18.1 Å². The molecule has 0 amide bonds. The average Bonchev–Trinajstić information content (AvgIpc) is 1.92. The Balaban J connectivity index is 0. The minimum atomic E-state index is 0.793. The molecule has 0 bridgehead atoms. The molecule has 0 radical (unpaired) electrons. The molecule has 0 fully saturated rings. The summed E-state index contributed by atoms with van der Waals surface area (Å²) >= 11 is 3.83. The molecule has 62 valence electrons. The Morgan fingerprint density at radius 2 is 1.90 bits per heavy atom. The van der Waals surface area contributed by atoms with Crippen LogP contribution >= 0.6 is 12.2 Å². The van der Waals surface area contributed by atoms with Crippen LogP contribution in [0.2, 0.25) is 0 Å². The van der Waals surface area contributed by atoms with Crippen LogP contribution in [0.4, 0.5) is 0 Å². The number of hydrogen-bond acceptors (Lipinski definition) is 2. The van der Waals surface area contributed by atoms with Gasteiger partial charge in [0.15, 0.2) is 0 Å². The van der Waals surface area contributed by atoms with Gasteiger partial charge in [-0.05, 0) is 31.3 Å². The molecule has 0 aliphatic heterocycles. The molecule has 0 heterocycles. The van der Waals surface area contributed by atoms with Crippen LogP contribution in [0, 0.1) is 5.92 Å². The monoisotopic (exact) mass is 161 g/mol. The highest BCUT2D eigenvalue weighted by Crippen LogP contribution is 1.86. The van der Waals surface area contributed by atoms with E-state index in [2.05, 4.69) is 44.2 Å². The van der Waals surface area contributed by atoms with Gasteiger partial charge in [0.25, 0.3) is 0 Å². The van der Waals surface area contributed by atoms with Crippen LogP contribution in [0.25, 0.3) is 0 Å². The lowest BCUT2D eigenvalue weighted by molar-refractivity contribution is 0.550. The summed E-state index contributed by atoms with van der Waals surface area (Å²) in [6.07, 6.45) is 1.24. The van der Waals surface area contributed by atoms with Gasteiger partial charge in [-0.15, -0.1) is 0 Å². The Hall–Kier alpha value is 0.0500. The first-order valence-corrected chi connectivity index (χ1v) is 4.34.